The van der Waals surface area contributed by atoms with E-state index in [1.807, 2.05) is 72.8 Å². The summed E-state index contributed by atoms with van der Waals surface area (Å²) in [5, 5.41) is 0. The second-order valence-corrected chi connectivity index (χ2v) is 14.7. The highest BCUT2D eigenvalue weighted by molar-refractivity contribution is 5.90. The van der Waals surface area contributed by atoms with Crippen LogP contribution >= 0.6 is 0 Å². The molecular weight excluding hydrogens is 713 g/mol. The van der Waals surface area contributed by atoms with Gasteiger partial charge in [-0.05, 0) is 95.1 Å². The van der Waals surface area contributed by atoms with Gasteiger partial charge in [0.1, 0.15) is 11.5 Å². The lowest BCUT2D eigenvalue weighted by Crippen LogP contribution is -2.32. The van der Waals surface area contributed by atoms with Gasteiger partial charge in [0, 0.05) is 33.5 Å². The lowest BCUT2D eigenvalue weighted by Gasteiger charge is -2.39. The molecule has 0 radical (unpaired) electrons. The zero-order chi connectivity index (χ0) is 38.2. The van der Waals surface area contributed by atoms with E-state index in [-0.39, 0.29) is 0 Å². The third-order valence-electron chi connectivity index (χ3n) is 11.6. The number of nitrogens with zero attached hydrogens (tertiary/aromatic N) is 4. The molecule has 0 bridgehead atoms. The predicted molar refractivity (Wildman–Crippen MR) is 228 cm³/mol. The number of aromatic nitrogens is 3. The van der Waals surface area contributed by atoms with Gasteiger partial charge >= 0.3 is 0 Å². The number of ether oxygens (including phenoxy) is 2. The zero-order valence-electron chi connectivity index (χ0n) is 31.1. The van der Waals surface area contributed by atoms with Crippen molar-refractivity contribution in [1.82, 2.24) is 15.0 Å². The first-order valence-corrected chi connectivity index (χ1v) is 19.4. The lowest BCUT2D eigenvalue weighted by atomic mass is 9.66. The van der Waals surface area contributed by atoms with E-state index in [0.717, 1.165) is 67.9 Å². The average molecular weight is 745 g/mol. The van der Waals surface area contributed by atoms with E-state index < -0.39 is 5.41 Å². The molecule has 12 rings (SSSR count). The van der Waals surface area contributed by atoms with Gasteiger partial charge in [-0.1, -0.05) is 121 Å². The van der Waals surface area contributed by atoms with Gasteiger partial charge in [0.2, 0.25) is 0 Å². The van der Waals surface area contributed by atoms with Crippen LogP contribution in [0.5, 0.6) is 23.0 Å². The fraction of sp³-hybridized carbons (Fsp3) is 0.0192. The van der Waals surface area contributed by atoms with E-state index in [0.29, 0.717) is 17.5 Å². The Labute approximate surface area is 335 Å². The van der Waals surface area contributed by atoms with Crippen LogP contribution in [0, 0.1) is 0 Å². The quantitative estimate of drug-likeness (QED) is 0.179. The fourth-order valence-corrected chi connectivity index (χ4v) is 9.09. The molecule has 272 valence electrons. The molecule has 3 aliphatic rings. The van der Waals surface area contributed by atoms with E-state index in [2.05, 4.69) is 126 Å². The smallest absolute Gasteiger partial charge is 0.164 e. The summed E-state index contributed by atoms with van der Waals surface area (Å²) in [4.78, 5) is 17.7. The van der Waals surface area contributed by atoms with Gasteiger partial charge < -0.3 is 14.4 Å². The Balaban J connectivity index is 1.02. The molecule has 0 fully saturated rings. The van der Waals surface area contributed by atoms with Crippen LogP contribution in [-0.2, 0) is 5.41 Å². The number of hydrogen-bond donors (Lipinski definition) is 0. The summed E-state index contributed by atoms with van der Waals surface area (Å²) in [5.74, 6) is 5.06. The van der Waals surface area contributed by atoms with Crippen molar-refractivity contribution in [1.29, 1.82) is 0 Å². The minimum atomic E-state index is -0.599. The van der Waals surface area contributed by atoms with Crippen LogP contribution < -0.4 is 14.4 Å². The van der Waals surface area contributed by atoms with Crippen molar-refractivity contribution in [2.75, 3.05) is 4.90 Å². The number of para-hydroxylation sites is 5. The summed E-state index contributed by atoms with van der Waals surface area (Å²) < 4.78 is 13.0. The van der Waals surface area contributed by atoms with Gasteiger partial charge in [0.15, 0.2) is 29.0 Å². The molecule has 1 aliphatic carbocycles. The maximum atomic E-state index is 6.71. The molecule has 9 aromatic rings. The fourth-order valence-electron chi connectivity index (χ4n) is 9.09. The van der Waals surface area contributed by atoms with Crippen LogP contribution in [0.4, 0.5) is 17.1 Å². The normalized spacial score (nSPS) is 13.6. The highest BCUT2D eigenvalue weighted by Crippen LogP contribution is 2.62. The summed E-state index contributed by atoms with van der Waals surface area (Å²) in [6.07, 6.45) is 0. The number of hydrogen-bond acceptors (Lipinski definition) is 6. The molecule has 6 heteroatoms. The maximum absolute atomic E-state index is 6.71. The first kappa shape index (κ1) is 32.4. The number of benzene rings is 8. The van der Waals surface area contributed by atoms with Crippen molar-refractivity contribution in [2.45, 2.75) is 5.41 Å². The molecule has 0 saturated heterocycles. The molecule has 0 N–H and O–H groups in total. The molecule has 6 nitrogen and oxygen atoms in total. The van der Waals surface area contributed by atoms with Gasteiger partial charge in [0.25, 0.3) is 0 Å². The Bertz CT molecular complexity index is 3000. The second-order valence-electron chi connectivity index (χ2n) is 14.7. The summed E-state index contributed by atoms with van der Waals surface area (Å²) in [7, 11) is 0. The van der Waals surface area contributed by atoms with E-state index in [9.17, 15) is 0 Å². The summed E-state index contributed by atoms with van der Waals surface area (Å²) >= 11 is 0. The van der Waals surface area contributed by atoms with Gasteiger partial charge in [-0.15, -0.1) is 0 Å². The van der Waals surface area contributed by atoms with Crippen LogP contribution in [0.1, 0.15) is 22.3 Å². The largest absolute Gasteiger partial charge is 0.457 e. The lowest BCUT2D eigenvalue weighted by molar-refractivity contribution is 0.436. The van der Waals surface area contributed by atoms with Gasteiger partial charge in [0.05, 0.1) is 16.8 Å². The Kier molecular flexibility index (Phi) is 7.04. The van der Waals surface area contributed by atoms with E-state index in [1.54, 1.807) is 0 Å². The molecule has 2 aliphatic heterocycles. The minimum Gasteiger partial charge on any atom is -0.457 e. The van der Waals surface area contributed by atoms with Gasteiger partial charge in [-0.25, -0.2) is 15.0 Å². The molecule has 8 aromatic carbocycles. The van der Waals surface area contributed by atoms with Crippen molar-refractivity contribution in [3.8, 4) is 68.3 Å². The standard InChI is InChI=1S/C52H32N4O2/c1-2-14-33(15-3-1)49-53-50(34-26-29-36(30-27-34)56-43-21-9-12-24-47(43)58-48-25-13-10-22-44(48)56)55-51(54-49)35-28-31-46-42(32-35)52(41-20-8-11-23-45(41)57-46)39-18-6-4-16-37(39)38-17-5-7-19-40(38)52/h1-32H. The molecule has 58 heavy (non-hydrogen) atoms. The topological polar surface area (TPSA) is 60.4 Å². The van der Waals surface area contributed by atoms with E-state index >= 15 is 0 Å². The minimum absolute atomic E-state index is 0.584. The van der Waals surface area contributed by atoms with Crippen molar-refractivity contribution < 1.29 is 9.47 Å². The molecule has 0 amide bonds. The van der Waals surface area contributed by atoms with Crippen LogP contribution in [0.2, 0.25) is 0 Å². The molecule has 1 spiro atoms. The average Bonchev–Trinajstić information content (AvgIpc) is 3.59. The Morgan fingerprint density at radius 1 is 0.345 bits per heavy atom. The highest BCUT2D eigenvalue weighted by Gasteiger charge is 2.51. The molecular formula is C52H32N4O2. The molecule has 0 atom stereocenters. The van der Waals surface area contributed by atoms with Crippen LogP contribution in [-0.4, -0.2) is 15.0 Å². The van der Waals surface area contributed by atoms with E-state index in [4.69, 9.17) is 24.4 Å². The van der Waals surface area contributed by atoms with Crippen molar-refractivity contribution in [3.63, 3.8) is 0 Å². The van der Waals surface area contributed by atoms with Crippen molar-refractivity contribution in [2.24, 2.45) is 0 Å². The van der Waals surface area contributed by atoms with E-state index in [1.165, 1.54) is 22.3 Å². The molecule has 0 unspecified atom stereocenters. The highest BCUT2D eigenvalue weighted by atomic mass is 16.5. The summed E-state index contributed by atoms with van der Waals surface area (Å²) in [5.41, 5.74) is 12.1. The van der Waals surface area contributed by atoms with Crippen molar-refractivity contribution >= 4 is 17.1 Å². The van der Waals surface area contributed by atoms with Gasteiger partial charge in [-0.3, -0.25) is 0 Å². The van der Waals surface area contributed by atoms with Crippen LogP contribution in [0.25, 0.3) is 45.3 Å². The summed E-state index contributed by atoms with van der Waals surface area (Å²) in [6, 6.07) is 67.1. The zero-order valence-corrected chi connectivity index (χ0v) is 31.1. The van der Waals surface area contributed by atoms with Gasteiger partial charge in [-0.2, -0.15) is 0 Å². The second kappa shape index (κ2) is 12.6. The number of rotatable bonds is 4. The molecule has 0 saturated carbocycles. The SMILES string of the molecule is c1ccc(-c2nc(-c3ccc(N4c5ccccc5Oc5ccccc54)cc3)nc(-c3ccc4c(c3)C3(c5ccccc5O4)c4ccccc4-c4ccccc43)n2)cc1. The third kappa shape index (κ3) is 4.75. The first-order chi connectivity index (χ1) is 28.7. The van der Waals surface area contributed by atoms with Crippen molar-refractivity contribution in [3.05, 3.63) is 216 Å². The monoisotopic (exact) mass is 744 g/mol. The Morgan fingerprint density at radius 2 is 0.793 bits per heavy atom. The molecule has 1 aromatic heterocycles. The first-order valence-electron chi connectivity index (χ1n) is 19.4. The summed E-state index contributed by atoms with van der Waals surface area (Å²) in [6.45, 7) is 0. The maximum Gasteiger partial charge on any atom is 0.164 e. The predicted octanol–water partition coefficient (Wildman–Crippen LogP) is 12.9. The Hall–Kier alpha value is -7.83. The Morgan fingerprint density at radius 3 is 1.43 bits per heavy atom. The van der Waals surface area contributed by atoms with Crippen LogP contribution in [0.15, 0.2) is 194 Å². The molecule has 3 heterocycles. The number of anilines is 3. The third-order valence-corrected chi connectivity index (χ3v) is 11.6. The number of fused-ring (bicyclic) bond motifs is 11. The van der Waals surface area contributed by atoms with Crippen LogP contribution in [0.3, 0.4) is 0 Å².